The molecule has 0 amide bonds. The van der Waals surface area contributed by atoms with E-state index in [9.17, 15) is 19.2 Å². The number of rotatable bonds is 18. The van der Waals surface area contributed by atoms with Crippen LogP contribution in [0.15, 0.2) is 72.8 Å². The first kappa shape index (κ1) is 44.9. The van der Waals surface area contributed by atoms with E-state index in [-0.39, 0.29) is 35.7 Å². The summed E-state index contributed by atoms with van der Waals surface area (Å²) in [5, 5.41) is 30.5. The second-order valence-corrected chi connectivity index (χ2v) is 10.4. The Morgan fingerprint density at radius 1 is 0.500 bits per heavy atom. The molecule has 17 nitrogen and oxygen atoms in total. The fraction of sp³-hybridized carbons (Fsp3) is 0.294. The van der Waals surface area contributed by atoms with Gasteiger partial charge in [-0.1, -0.05) is 24.3 Å². The number of hydrogen-bond donors (Lipinski definition) is 6. The third-order valence-corrected chi connectivity index (χ3v) is 6.64. The fourth-order valence-electron chi connectivity index (χ4n) is 4.21. The number of ether oxygens (including phenoxy) is 2. The maximum atomic E-state index is 11.5. The molecule has 0 unspecified atom stereocenters. The van der Waals surface area contributed by atoms with Gasteiger partial charge in [0.2, 0.25) is 0 Å². The standard InChI is InChI=1S/C18H22N4O4.C16H18N4O4.Li.H2O/c1-25-17(23)15-7-3-5-13(21-15)11-19-9-10-20-12-14-6-4-8-16(22-14)18(24)26-2;21-15(22)13-5-1-3-11(19-13)9-17-7-8-18-10-12-4-2-6-14(20-12)16(23)24;;/h3-8,19-20H,9-12H2,1-2H3;1-6,17-18H,7-10H2,(H,21,22)(H,23,24);;1H2/q;;+1;/p-1. The summed E-state index contributed by atoms with van der Waals surface area (Å²) >= 11 is 0. The van der Waals surface area contributed by atoms with Gasteiger partial charge in [0.05, 0.1) is 37.0 Å². The van der Waals surface area contributed by atoms with Gasteiger partial charge < -0.3 is 46.4 Å². The maximum absolute atomic E-state index is 11.5. The smallest absolute Gasteiger partial charge is 0.870 e. The molecule has 0 saturated heterocycles. The van der Waals surface area contributed by atoms with Crippen molar-refractivity contribution in [3.63, 3.8) is 0 Å². The van der Waals surface area contributed by atoms with E-state index in [2.05, 4.69) is 50.7 Å². The Morgan fingerprint density at radius 3 is 1.00 bits per heavy atom. The van der Waals surface area contributed by atoms with E-state index in [1.807, 2.05) is 12.1 Å². The molecule has 4 aromatic heterocycles. The van der Waals surface area contributed by atoms with E-state index in [0.717, 1.165) is 11.4 Å². The van der Waals surface area contributed by atoms with Crippen LogP contribution in [0.2, 0.25) is 0 Å². The van der Waals surface area contributed by atoms with Crippen molar-refractivity contribution in [2.24, 2.45) is 0 Å². The van der Waals surface area contributed by atoms with Crippen LogP contribution in [0.1, 0.15) is 64.7 Å². The van der Waals surface area contributed by atoms with Gasteiger partial charge in [-0.3, -0.25) is 0 Å². The molecule has 7 N–H and O–H groups in total. The molecule has 0 saturated carbocycles. The molecule has 272 valence electrons. The second kappa shape index (κ2) is 24.9. The van der Waals surface area contributed by atoms with Crippen molar-refractivity contribution in [3.05, 3.63) is 118 Å². The van der Waals surface area contributed by atoms with Gasteiger partial charge in [-0.2, -0.15) is 0 Å². The summed E-state index contributed by atoms with van der Waals surface area (Å²) in [7, 11) is 2.66. The molecule has 0 aliphatic heterocycles. The third kappa shape index (κ3) is 16.3. The number of methoxy groups -OCH3 is 2. The van der Waals surface area contributed by atoms with E-state index < -0.39 is 23.9 Å². The van der Waals surface area contributed by atoms with Crippen LogP contribution in [0.4, 0.5) is 0 Å². The van der Waals surface area contributed by atoms with Gasteiger partial charge in [-0.25, -0.2) is 39.1 Å². The zero-order valence-corrected chi connectivity index (χ0v) is 29.2. The van der Waals surface area contributed by atoms with Crippen LogP contribution in [0.5, 0.6) is 0 Å². The molecular weight excluding hydrogens is 671 g/mol. The molecular formula is C34H41LiN8O9. The normalized spacial score (nSPS) is 10.0. The molecule has 0 aromatic carbocycles. The van der Waals surface area contributed by atoms with Gasteiger partial charge in [0, 0.05) is 52.4 Å². The number of carboxylic acids is 2. The zero-order chi connectivity index (χ0) is 36.1. The van der Waals surface area contributed by atoms with Gasteiger partial charge in [-0.05, 0) is 48.5 Å². The van der Waals surface area contributed by atoms with Crippen molar-refractivity contribution >= 4 is 23.9 Å². The number of aromatic carboxylic acids is 2. The summed E-state index contributed by atoms with van der Waals surface area (Å²) in [6.45, 7) is 4.74. The number of carbonyl (C=O) groups is 4. The van der Waals surface area contributed by atoms with Gasteiger partial charge in [-0.15, -0.1) is 0 Å². The Balaban J connectivity index is 0.000000502. The predicted molar refractivity (Wildman–Crippen MR) is 182 cm³/mol. The first-order valence-electron chi connectivity index (χ1n) is 15.5. The monoisotopic (exact) mass is 712 g/mol. The minimum Gasteiger partial charge on any atom is -0.870 e. The van der Waals surface area contributed by atoms with Crippen LogP contribution in [-0.4, -0.2) is 99.9 Å². The third-order valence-electron chi connectivity index (χ3n) is 6.64. The van der Waals surface area contributed by atoms with E-state index in [1.165, 1.54) is 26.4 Å². The molecule has 4 rings (SSSR count). The van der Waals surface area contributed by atoms with Crippen LogP contribution in [-0.2, 0) is 35.7 Å². The molecule has 4 heterocycles. The summed E-state index contributed by atoms with van der Waals surface area (Å²) in [4.78, 5) is 61.1. The first-order chi connectivity index (χ1) is 24.2. The Bertz CT molecular complexity index is 1610. The molecule has 18 heteroatoms. The van der Waals surface area contributed by atoms with Gasteiger partial charge in [0.15, 0.2) is 0 Å². The first-order valence-corrected chi connectivity index (χ1v) is 15.5. The minimum atomic E-state index is -1.05. The van der Waals surface area contributed by atoms with Gasteiger partial charge in [0.25, 0.3) is 0 Å². The van der Waals surface area contributed by atoms with E-state index in [4.69, 9.17) is 10.2 Å². The molecule has 0 radical (unpaired) electrons. The van der Waals surface area contributed by atoms with Crippen molar-refractivity contribution < 1.29 is 63.2 Å². The van der Waals surface area contributed by atoms with Crippen molar-refractivity contribution in [2.75, 3.05) is 40.4 Å². The number of carboxylic acid groups (broad SMARTS) is 2. The zero-order valence-electron chi connectivity index (χ0n) is 29.2. The predicted octanol–water partition coefficient (Wildman–Crippen LogP) is -1.49. The molecule has 4 aromatic rings. The van der Waals surface area contributed by atoms with Crippen LogP contribution < -0.4 is 40.1 Å². The van der Waals surface area contributed by atoms with E-state index >= 15 is 0 Å². The molecule has 0 aliphatic carbocycles. The molecule has 52 heavy (non-hydrogen) atoms. The van der Waals surface area contributed by atoms with Gasteiger partial charge in [0.1, 0.15) is 22.8 Å². The maximum Gasteiger partial charge on any atom is 1.00 e. The number of aromatic nitrogens is 4. The van der Waals surface area contributed by atoms with Crippen molar-refractivity contribution in [1.29, 1.82) is 0 Å². The SMILES string of the molecule is COC(=O)c1cccc(CNCCNCc2cccc(C(=O)OC)n2)n1.O=C(O)c1cccc(CNCCNCc2cccc(C(=O)O)n2)n1.[Li+].[OH-]. The Labute approximate surface area is 312 Å². The largest absolute Gasteiger partial charge is 1.00 e. The average molecular weight is 713 g/mol. The molecule has 0 aliphatic rings. The fourth-order valence-corrected chi connectivity index (χ4v) is 4.21. The van der Waals surface area contributed by atoms with E-state index in [1.54, 1.807) is 48.5 Å². The number of nitrogens with one attached hydrogen (secondary N) is 4. The number of carbonyl (C=O) groups excluding carboxylic acids is 2. The summed E-state index contributed by atoms with van der Waals surface area (Å²) in [6.07, 6.45) is 0. The topological polar surface area (TPSA) is 257 Å². The van der Waals surface area contributed by atoms with Crippen molar-refractivity contribution in [2.45, 2.75) is 26.2 Å². The molecule has 0 fully saturated rings. The number of nitrogens with zero attached hydrogens (tertiary/aromatic N) is 4. The molecule has 0 bridgehead atoms. The Hall–Kier alpha value is -5.12. The van der Waals surface area contributed by atoms with Gasteiger partial charge >= 0.3 is 42.7 Å². The summed E-state index contributed by atoms with van der Waals surface area (Å²) in [5.74, 6) is -2.99. The average Bonchev–Trinajstić information content (AvgIpc) is 3.14. The quantitative estimate of drug-likeness (QED) is 0.0390. The molecule has 0 spiro atoms. The van der Waals surface area contributed by atoms with Crippen LogP contribution in [0.25, 0.3) is 0 Å². The summed E-state index contributed by atoms with van der Waals surface area (Å²) < 4.78 is 9.31. The Morgan fingerprint density at radius 2 is 0.750 bits per heavy atom. The molecule has 0 atom stereocenters. The van der Waals surface area contributed by atoms with E-state index in [0.29, 0.717) is 75.1 Å². The van der Waals surface area contributed by atoms with Crippen LogP contribution >= 0.6 is 0 Å². The Kier molecular flexibility index (Phi) is 21.5. The summed E-state index contributed by atoms with van der Waals surface area (Å²) in [5.41, 5.74) is 3.48. The second-order valence-electron chi connectivity index (χ2n) is 10.4. The van der Waals surface area contributed by atoms with Crippen LogP contribution in [0, 0.1) is 0 Å². The van der Waals surface area contributed by atoms with Crippen molar-refractivity contribution in [3.8, 4) is 0 Å². The number of esters is 2. The summed E-state index contributed by atoms with van der Waals surface area (Å²) in [6, 6.07) is 20.2. The number of hydrogen-bond acceptors (Lipinski definition) is 15. The van der Waals surface area contributed by atoms with Crippen LogP contribution in [0.3, 0.4) is 0 Å². The minimum absolute atomic E-state index is 0. The number of pyridine rings is 4. The van der Waals surface area contributed by atoms with Crippen molar-refractivity contribution in [1.82, 2.24) is 41.2 Å².